The predicted molar refractivity (Wildman–Crippen MR) is 122 cm³/mol. The Morgan fingerprint density at radius 1 is 1.12 bits per heavy atom. The normalized spacial score (nSPS) is 17.0. The number of carbonyl (C=O) groups is 2. The van der Waals surface area contributed by atoms with Crippen LogP contribution in [0.15, 0.2) is 60.7 Å². The number of carboxylic acids is 1. The first-order valence-electron chi connectivity index (χ1n) is 11.3. The maximum absolute atomic E-state index is 13.1. The van der Waals surface area contributed by atoms with E-state index in [2.05, 4.69) is 0 Å². The fourth-order valence-corrected chi connectivity index (χ4v) is 3.90. The van der Waals surface area contributed by atoms with Crippen LogP contribution in [0.5, 0.6) is 11.5 Å². The minimum atomic E-state index is -0.852. The molecule has 1 fully saturated rings. The van der Waals surface area contributed by atoms with Crippen molar-refractivity contribution in [2.24, 2.45) is 0 Å². The lowest BCUT2D eigenvalue weighted by Gasteiger charge is -2.22. The molecule has 1 aliphatic rings. The quantitative estimate of drug-likeness (QED) is 0.338. The molecule has 2 aromatic rings. The zero-order valence-electron chi connectivity index (χ0n) is 18.5. The van der Waals surface area contributed by atoms with Crippen molar-refractivity contribution in [2.75, 3.05) is 6.54 Å². The molecular formula is C26H30FNO5. The number of likely N-dealkylation sites (tertiary alicyclic amines) is 1. The van der Waals surface area contributed by atoms with Gasteiger partial charge in [0.1, 0.15) is 17.3 Å². The second-order valence-electron chi connectivity index (χ2n) is 8.21. The van der Waals surface area contributed by atoms with Crippen LogP contribution in [-0.4, -0.2) is 39.6 Å². The van der Waals surface area contributed by atoms with E-state index in [-0.39, 0.29) is 24.2 Å². The van der Waals surface area contributed by atoms with E-state index in [1.54, 1.807) is 30.3 Å². The lowest BCUT2D eigenvalue weighted by Crippen LogP contribution is -2.32. The van der Waals surface area contributed by atoms with Gasteiger partial charge in [0.2, 0.25) is 5.91 Å². The number of nitrogens with zero attached hydrogens (tertiary/aromatic N) is 1. The van der Waals surface area contributed by atoms with E-state index in [1.165, 1.54) is 24.3 Å². The van der Waals surface area contributed by atoms with Crippen LogP contribution in [0.2, 0.25) is 0 Å². The second kappa shape index (κ2) is 12.2. The molecule has 0 radical (unpaired) electrons. The molecular weight excluding hydrogens is 425 g/mol. The van der Waals surface area contributed by atoms with Crippen LogP contribution >= 0.6 is 0 Å². The van der Waals surface area contributed by atoms with Gasteiger partial charge in [-0.05, 0) is 61.2 Å². The first kappa shape index (κ1) is 24.5. The minimum Gasteiger partial charge on any atom is -0.481 e. The Morgan fingerprint density at radius 2 is 1.88 bits per heavy atom. The summed E-state index contributed by atoms with van der Waals surface area (Å²) in [5, 5.41) is 19.3. The van der Waals surface area contributed by atoms with Gasteiger partial charge in [0.25, 0.3) is 0 Å². The van der Waals surface area contributed by atoms with Crippen molar-refractivity contribution in [1.29, 1.82) is 0 Å². The monoisotopic (exact) mass is 455 g/mol. The molecule has 2 atom stereocenters. The Hall–Kier alpha value is -3.19. The number of unbranched alkanes of at least 4 members (excludes halogenated alkanes) is 3. The third-order valence-corrected chi connectivity index (χ3v) is 5.68. The highest BCUT2D eigenvalue weighted by molar-refractivity contribution is 5.79. The van der Waals surface area contributed by atoms with Crippen molar-refractivity contribution in [3.63, 3.8) is 0 Å². The van der Waals surface area contributed by atoms with E-state index in [9.17, 15) is 19.1 Å². The lowest BCUT2D eigenvalue weighted by molar-refractivity contribution is -0.137. The molecule has 0 saturated carbocycles. The topological polar surface area (TPSA) is 87.1 Å². The lowest BCUT2D eigenvalue weighted by atomic mass is 10.1. The fraction of sp³-hybridized carbons (Fsp3) is 0.385. The number of carboxylic acid groups (broad SMARTS) is 1. The standard InChI is InChI=1S/C26H30FNO5/c27-20-9-13-22(14-10-20)33-23-7-5-6-19(18-23)24(29)15-11-21-12-16-25(30)28(21)17-4-2-1-3-8-26(31)32/h5-7,9-11,13-15,18,21,24,29H,1-4,8,12,16-17H2,(H,31,32)/b15-11+/t21?,24-/m1/s1. The molecule has 7 heteroatoms. The minimum absolute atomic E-state index is 0.0511. The summed E-state index contributed by atoms with van der Waals surface area (Å²) in [5.41, 5.74) is 0.653. The Labute approximate surface area is 193 Å². The van der Waals surface area contributed by atoms with Crippen molar-refractivity contribution in [2.45, 2.75) is 57.1 Å². The first-order chi connectivity index (χ1) is 15.9. The molecule has 1 amide bonds. The average molecular weight is 456 g/mol. The number of hydrogen-bond acceptors (Lipinski definition) is 4. The predicted octanol–water partition coefficient (Wildman–Crippen LogP) is 5.23. The molecule has 2 aromatic carbocycles. The summed E-state index contributed by atoms with van der Waals surface area (Å²) in [6, 6.07) is 12.7. The zero-order chi connectivity index (χ0) is 23.6. The van der Waals surface area contributed by atoms with Crippen LogP contribution in [0.25, 0.3) is 0 Å². The van der Waals surface area contributed by atoms with Gasteiger partial charge in [0.15, 0.2) is 0 Å². The van der Waals surface area contributed by atoms with Gasteiger partial charge in [-0.1, -0.05) is 37.1 Å². The molecule has 33 heavy (non-hydrogen) atoms. The van der Waals surface area contributed by atoms with Crippen molar-refractivity contribution < 1.29 is 28.9 Å². The fourth-order valence-electron chi connectivity index (χ4n) is 3.90. The summed E-state index contributed by atoms with van der Waals surface area (Å²) in [5.74, 6) is 0.0310. The third-order valence-electron chi connectivity index (χ3n) is 5.68. The smallest absolute Gasteiger partial charge is 0.303 e. The molecule has 3 rings (SSSR count). The van der Waals surface area contributed by atoms with E-state index in [1.807, 2.05) is 11.0 Å². The number of carbonyl (C=O) groups excluding carboxylic acids is 1. The molecule has 0 aliphatic carbocycles. The van der Waals surface area contributed by atoms with Crippen molar-refractivity contribution in [1.82, 2.24) is 4.90 Å². The molecule has 1 saturated heterocycles. The zero-order valence-corrected chi connectivity index (χ0v) is 18.5. The molecule has 2 N–H and O–H groups in total. The van der Waals surface area contributed by atoms with E-state index < -0.39 is 12.1 Å². The molecule has 0 bridgehead atoms. The van der Waals surface area contributed by atoms with Gasteiger partial charge in [0, 0.05) is 19.4 Å². The van der Waals surface area contributed by atoms with Crippen LogP contribution in [0.3, 0.4) is 0 Å². The van der Waals surface area contributed by atoms with Gasteiger partial charge in [-0.2, -0.15) is 0 Å². The van der Waals surface area contributed by atoms with Gasteiger partial charge in [-0.25, -0.2) is 4.39 Å². The second-order valence-corrected chi connectivity index (χ2v) is 8.21. The van der Waals surface area contributed by atoms with E-state index in [0.717, 1.165) is 25.7 Å². The average Bonchev–Trinajstić information content (AvgIpc) is 3.15. The molecule has 0 aromatic heterocycles. The summed E-state index contributed by atoms with van der Waals surface area (Å²) in [7, 11) is 0. The number of amides is 1. The Bertz CT molecular complexity index is 959. The van der Waals surface area contributed by atoms with Crippen molar-refractivity contribution in [3.8, 4) is 11.5 Å². The van der Waals surface area contributed by atoms with Gasteiger partial charge < -0.3 is 19.8 Å². The highest BCUT2D eigenvalue weighted by Gasteiger charge is 2.28. The Kier molecular flexibility index (Phi) is 9.01. The molecule has 1 unspecified atom stereocenters. The molecule has 176 valence electrons. The van der Waals surface area contributed by atoms with Crippen molar-refractivity contribution >= 4 is 11.9 Å². The number of halogens is 1. The molecule has 6 nitrogen and oxygen atoms in total. The number of benzene rings is 2. The molecule has 1 aliphatic heterocycles. The van der Waals surface area contributed by atoms with Crippen molar-refractivity contribution in [3.05, 3.63) is 72.1 Å². The summed E-state index contributed by atoms with van der Waals surface area (Å²) in [4.78, 5) is 24.7. The van der Waals surface area contributed by atoms with Gasteiger partial charge >= 0.3 is 5.97 Å². The van der Waals surface area contributed by atoms with Gasteiger partial charge in [0.05, 0.1) is 12.1 Å². The SMILES string of the molecule is O=C(O)CCCCCCN1C(=O)CCC1/C=C/[C@@H](O)c1cccc(Oc2ccc(F)cc2)c1. The molecule has 0 spiro atoms. The number of rotatable bonds is 12. The molecule has 1 heterocycles. The number of hydrogen-bond donors (Lipinski definition) is 2. The first-order valence-corrected chi connectivity index (χ1v) is 11.3. The Balaban J connectivity index is 1.53. The van der Waals surface area contributed by atoms with Gasteiger partial charge in [-0.15, -0.1) is 0 Å². The van der Waals surface area contributed by atoms with E-state index in [0.29, 0.717) is 36.4 Å². The maximum Gasteiger partial charge on any atom is 0.303 e. The number of aliphatic hydroxyl groups excluding tert-OH is 1. The van der Waals surface area contributed by atoms with Crippen LogP contribution in [-0.2, 0) is 9.59 Å². The van der Waals surface area contributed by atoms with Crippen LogP contribution < -0.4 is 4.74 Å². The highest BCUT2D eigenvalue weighted by Crippen LogP contribution is 2.27. The summed E-state index contributed by atoms with van der Waals surface area (Å²) >= 11 is 0. The van der Waals surface area contributed by atoms with Crippen LogP contribution in [0.4, 0.5) is 4.39 Å². The maximum atomic E-state index is 13.1. The van der Waals surface area contributed by atoms with Crippen LogP contribution in [0, 0.1) is 5.82 Å². The summed E-state index contributed by atoms with van der Waals surface area (Å²) in [6.45, 7) is 0.637. The van der Waals surface area contributed by atoms with E-state index in [4.69, 9.17) is 9.84 Å². The van der Waals surface area contributed by atoms with Crippen LogP contribution in [0.1, 0.15) is 56.6 Å². The summed E-state index contributed by atoms with van der Waals surface area (Å²) in [6.07, 6.45) is 7.33. The number of ether oxygens (including phenoxy) is 1. The van der Waals surface area contributed by atoms with Gasteiger partial charge in [-0.3, -0.25) is 9.59 Å². The van der Waals surface area contributed by atoms with E-state index >= 15 is 0 Å². The Morgan fingerprint density at radius 3 is 2.64 bits per heavy atom. The summed E-state index contributed by atoms with van der Waals surface area (Å²) < 4.78 is 18.8. The highest BCUT2D eigenvalue weighted by atomic mass is 19.1. The third kappa shape index (κ3) is 7.71. The largest absolute Gasteiger partial charge is 0.481 e. The number of aliphatic hydroxyl groups is 1. The number of aliphatic carboxylic acids is 1.